The van der Waals surface area contributed by atoms with Crippen molar-refractivity contribution in [2.45, 2.75) is 11.3 Å². The molecule has 1 aromatic rings. The van der Waals surface area contributed by atoms with Crippen molar-refractivity contribution in [3.8, 4) is 0 Å². The van der Waals surface area contributed by atoms with Gasteiger partial charge in [-0.25, -0.2) is 8.42 Å². The molecule has 1 saturated heterocycles. The van der Waals surface area contributed by atoms with Gasteiger partial charge >= 0.3 is 0 Å². The lowest BCUT2D eigenvalue weighted by Gasteiger charge is -2.20. The third-order valence-corrected chi connectivity index (χ3v) is 4.89. The third kappa shape index (κ3) is 2.86. The summed E-state index contributed by atoms with van der Waals surface area (Å²) in [6.45, 7) is 0.746. The highest BCUT2D eigenvalue weighted by Gasteiger charge is 2.28. The molecule has 0 bridgehead atoms. The van der Waals surface area contributed by atoms with Gasteiger partial charge in [0.05, 0.1) is 5.69 Å². The van der Waals surface area contributed by atoms with E-state index < -0.39 is 10.0 Å². The Morgan fingerprint density at radius 1 is 1.26 bits per heavy atom. The zero-order valence-electron chi connectivity index (χ0n) is 10.3. The second-order valence-corrected chi connectivity index (χ2v) is 6.05. The number of nitrogens with one attached hydrogen (secondary N) is 2. The molecule has 0 unspecified atom stereocenters. The minimum absolute atomic E-state index is 0.117. The summed E-state index contributed by atoms with van der Waals surface area (Å²) in [4.78, 5) is 11.4. The van der Waals surface area contributed by atoms with Gasteiger partial charge in [-0.3, -0.25) is 10.6 Å². The molecule has 0 saturated carbocycles. The van der Waals surface area contributed by atoms with Crippen LogP contribution in [0, 0.1) is 0 Å². The first-order valence-electron chi connectivity index (χ1n) is 5.88. The van der Waals surface area contributed by atoms with E-state index in [-0.39, 0.29) is 30.3 Å². The van der Waals surface area contributed by atoms with Crippen molar-refractivity contribution < 1.29 is 13.2 Å². The van der Waals surface area contributed by atoms with E-state index in [1.54, 1.807) is 18.2 Å². The number of anilines is 1. The van der Waals surface area contributed by atoms with Gasteiger partial charge in [0.1, 0.15) is 4.90 Å². The molecule has 0 radical (unpaired) electrons. The average Bonchev–Trinajstić information content (AvgIpc) is 2.64. The van der Waals surface area contributed by atoms with E-state index in [2.05, 4.69) is 10.7 Å². The van der Waals surface area contributed by atoms with Crippen molar-refractivity contribution in [3.63, 3.8) is 0 Å². The molecule has 1 aliphatic heterocycles. The normalized spacial score (nSPS) is 17.6. The number of carbonyl (C=O) groups is 1. The number of carbonyl (C=O) groups excluding carboxylic acids is 1. The van der Waals surface area contributed by atoms with Crippen molar-refractivity contribution >= 4 is 21.6 Å². The number of hydrazine groups is 1. The van der Waals surface area contributed by atoms with Crippen molar-refractivity contribution in [3.05, 3.63) is 24.3 Å². The molecule has 104 valence electrons. The average molecular weight is 284 g/mol. The molecule has 1 fully saturated rings. The highest BCUT2D eigenvalue weighted by atomic mass is 32.2. The van der Waals surface area contributed by atoms with Crippen molar-refractivity contribution in [2.75, 3.05) is 25.1 Å². The summed E-state index contributed by atoms with van der Waals surface area (Å²) in [5.41, 5.74) is 2.72. The molecule has 1 aliphatic rings. The number of sulfonamides is 1. The molecule has 8 heteroatoms. The molecule has 1 aromatic carbocycles. The van der Waals surface area contributed by atoms with E-state index >= 15 is 0 Å². The van der Waals surface area contributed by atoms with Crippen LogP contribution in [0.3, 0.4) is 0 Å². The number of rotatable bonds is 3. The lowest BCUT2D eigenvalue weighted by Crippen LogP contribution is -2.34. The lowest BCUT2D eigenvalue weighted by atomic mass is 10.3. The Morgan fingerprint density at radius 2 is 2.00 bits per heavy atom. The van der Waals surface area contributed by atoms with Gasteiger partial charge in [-0.05, 0) is 12.1 Å². The van der Waals surface area contributed by atoms with Gasteiger partial charge in [-0.1, -0.05) is 12.1 Å². The van der Waals surface area contributed by atoms with Crippen LogP contribution < -0.4 is 16.6 Å². The SMILES string of the molecule is NNc1ccccc1S(=O)(=O)N1CCNC(=O)CC1. The first kappa shape index (κ1) is 13.8. The van der Waals surface area contributed by atoms with E-state index in [0.29, 0.717) is 12.2 Å². The minimum Gasteiger partial charge on any atom is -0.355 e. The smallest absolute Gasteiger partial charge is 0.245 e. The van der Waals surface area contributed by atoms with Crippen LogP contribution in [0.15, 0.2) is 29.2 Å². The maximum Gasteiger partial charge on any atom is 0.245 e. The highest BCUT2D eigenvalue weighted by molar-refractivity contribution is 7.89. The predicted octanol–water partition coefficient (Wildman–Crippen LogP) is -0.517. The molecule has 0 spiro atoms. The zero-order valence-corrected chi connectivity index (χ0v) is 11.1. The Kier molecular flexibility index (Phi) is 4.03. The van der Waals surface area contributed by atoms with E-state index in [9.17, 15) is 13.2 Å². The number of hydrogen-bond donors (Lipinski definition) is 3. The number of hydrogen-bond acceptors (Lipinski definition) is 5. The monoisotopic (exact) mass is 284 g/mol. The molecule has 0 aliphatic carbocycles. The molecule has 4 N–H and O–H groups in total. The highest BCUT2D eigenvalue weighted by Crippen LogP contribution is 2.24. The second-order valence-electron chi connectivity index (χ2n) is 4.14. The Bertz CT molecular complexity index is 573. The largest absolute Gasteiger partial charge is 0.355 e. The summed E-state index contributed by atoms with van der Waals surface area (Å²) in [7, 11) is -3.65. The molecule has 1 amide bonds. The number of amides is 1. The number of nitrogens with zero attached hydrogens (tertiary/aromatic N) is 1. The van der Waals surface area contributed by atoms with Crippen molar-refractivity contribution in [1.82, 2.24) is 9.62 Å². The fourth-order valence-electron chi connectivity index (χ4n) is 1.94. The Labute approximate surface area is 111 Å². The standard InChI is InChI=1S/C11H16N4O3S/c12-14-9-3-1-2-4-10(9)19(17,18)15-7-5-11(16)13-6-8-15/h1-4,14H,5-8,12H2,(H,13,16). The summed E-state index contributed by atoms with van der Waals surface area (Å²) in [6, 6.07) is 6.41. The van der Waals surface area contributed by atoms with Gasteiger partial charge in [0.25, 0.3) is 0 Å². The minimum atomic E-state index is -3.65. The molecule has 19 heavy (non-hydrogen) atoms. The van der Waals surface area contributed by atoms with Gasteiger partial charge in [-0.15, -0.1) is 0 Å². The molecule has 0 aromatic heterocycles. The first-order chi connectivity index (χ1) is 9.05. The Morgan fingerprint density at radius 3 is 2.74 bits per heavy atom. The maximum atomic E-state index is 12.5. The van der Waals surface area contributed by atoms with Crippen LogP contribution in [0.5, 0.6) is 0 Å². The van der Waals surface area contributed by atoms with Crippen molar-refractivity contribution in [1.29, 1.82) is 0 Å². The van der Waals surface area contributed by atoms with Gasteiger partial charge in [0.15, 0.2) is 0 Å². The van der Waals surface area contributed by atoms with Crippen LogP contribution in [0.25, 0.3) is 0 Å². The van der Waals surface area contributed by atoms with Crippen molar-refractivity contribution in [2.24, 2.45) is 5.84 Å². The van der Waals surface area contributed by atoms with Crippen LogP contribution in [-0.4, -0.2) is 38.3 Å². The fourth-order valence-corrected chi connectivity index (χ4v) is 3.53. The molecule has 1 heterocycles. The van der Waals surface area contributed by atoms with Crippen LogP contribution >= 0.6 is 0 Å². The second kappa shape index (κ2) is 5.55. The summed E-state index contributed by atoms with van der Waals surface area (Å²) >= 11 is 0. The van der Waals surface area contributed by atoms with Gasteiger partial charge in [-0.2, -0.15) is 4.31 Å². The van der Waals surface area contributed by atoms with E-state index in [1.165, 1.54) is 10.4 Å². The molecule has 0 atom stereocenters. The van der Waals surface area contributed by atoms with E-state index in [4.69, 9.17) is 5.84 Å². The summed E-state index contributed by atoms with van der Waals surface area (Å²) < 4.78 is 26.3. The number of benzene rings is 1. The number of para-hydroxylation sites is 1. The topological polar surface area (TPSA) is 105 Å². The number of nitrogen functional groups attached to an aromatic ring is 1. The van der Waals surface area contributed by atoms with E-state index in [0.717, 1.165) is 0 Å². The quantitative estimate of drug-likeness (QED) is 0.512. The molecular formula is C11H16N4O3S. The summed E-state index contributed by atoms with van der Waals surface area (Å²) in [5.74, 6) is 5.19. The molecule has 7 nitrogen and oxygen atoms in total. The molecule has 2 rings (SSSR count). The van der Waals surface area contributed by atoms with Crippen LogP contribution in [0.1, 0.15) is 6.42 Å². The Balaban J connectivity index is 2.33. The third-order valence-electron chi connectivity index (χ3n) is 2.93. The fraction of sp³-hybridized carbons (Fsp3) is 0.364. The van der Waals surface area contributed by atoms with Crippen LogP contribution in [0.2, 0.25) is 0 Å². The van der Waals surface area contributed by atoms with Crippen LogP contribution in [0.4, 0.5) is 5.69 Å². The van der Waals surface area contributed by atoms with E-state index in [1.807, 2.05) is 0 Å². The van der Waals surface area contributed by atoms with Crippen LogP contribution in [-0.2, 0) is 14.8 Å². The van der Waals surface area contributed by atoms with Gasteiger partial charge < -0.3 is 10.7 Å². The maximum absolute atomic E-state index is 12.5. The van der Waals surface area contributed by atoms with Gasteiger partial charge in [0, 0.05) is 26.1 Å². The summed E-state index contributed by atoms with van der Waals surface area (Å²) in [5, 5.41) is 2.64. The predicted molar refractivity (Wildman–Crippen MR) is 70.6 cm³/mol. The number of nitrogens with two attached hydrogens (primary N) is 1. The van der Waals surface area contributed by atoms with Gasteiger partial charge in [0.2, 0.25) is 15.9 Å². The lowest BCUT2D eigenvalue weighted by molar-refractivity contribution is -0.120. The zero-order chi connectivity index (χ0) is 13.9. The Hall–Kier alpha value is -1.64. The first-order valence-corrected chi connectivity index (χ1v) is 7.32. The molecular weight excluding hydrogens is 268 g/mol. The summed E-state index contributed by atoms with van der Waals surface area (Å²) in [6.07, 6.45) is 0.164.